The third-order valence-electron chi connectivity index (χ3n) is 3.40. The summed E-state index contributed by atoms with van der Waals surface area (Å²) in [7, 11) is 0. The fourth-order valence-corrected chi connectivity index (χ4v) is 2.89. The Morgan fingerprint density at radius 3 is 1.36 bits per heavy atom. The fourth-order valence-electron chi connectivity index (χ4n) is 2.89. The average Bonchev–Trinajstić information content (AvgIpc) is 1.83. The molecule has 0 amide bonds. The molecule has 0 aromatic rings. The van der Waals surface area contributed by atoms with E-state index in [9.17, 15) is 0 Å². The van der Waals surface area contributed by atoms with Gasteiger partial charge in [0.05, 0.1) is 0 Å². The van der Waals surface area contributed by atoms with Crippen LogP contribution in [-0.4, -0.2) is 11.1 Å². The summed E-state index contributed by atoms with van der Waals surface area (Å²) in [6, 6.07) is 0. The summed E-state index contributed by atoms with van der Waals surface area (Å²) in [5.74, 6) is 0. The third kappa shape index (κ3) is 1.30. The summed E-state index contributed by atoms with van der Waals surface area (Å²) < 4.78 is 0. The van der Waals surface area contributed by atoms with Crippen LogP contribution in [0.4, 0.5) is 0 Å². The van der Waals surface area contributed by atoms with Crippen LogP contribution in [0, 0.1) is 0 Å². The highest BCUT2D eigenvalue weighted by Crippen LogP contribution is 2.42. The summed E-state index contributed by atoms with van der Waals surface area (Å²) >= 11 is 0. The number of nitrogens with two attached hydrogens (primary N) is 2. The Morgan fingerprint density at radius 2 is 1.09 bits per heavy atom. The molecule has 2 fully saturated rings. The van der Waals surface area contributed by atoms with Crippen molar-refractivity contribution in [3.63, 3.8) is 0 Å². The monoisotopic (exact) mass is 154 g/mol. The molecule has 11 heavy (non-hydrogen) atoms. The smallest absolute Gasteiger partial charge is 0.0171 e. The zero-order valence-electron chi connectivity index (χ0n) is 7.10. The lowest BCUT2D eigenvalue weighted by molar-refractivity contribution is 0.125. The van der Waals surface area contributed by atoms with Gasteiger partial charge in [0.2, 0.25) is 0 Å². The highest BCUT2D eigenvalue weighted by molar-refractivity contribution is 5.04. The highest BCUT2D eigenvalue weighted by atomic mass is 14.9. The Balaban J connectivity index is 2.16. The van der Waals surface area contributed by atoms with E-state index >= 15 is 0 Å². The van der Waals surface area contributed by atoms with Crippen LogP contribution in [0.3, 0.4) is 0 Å². The lowest BCUT2D eigenvalue weighted by Gasteiger charge is -2.48. The number of hydrogen-bond donors (Lipinski definition) is 2. The molecule has 2 heteroatoms. The summed E-state index contributed by atoms with van der Waals surface area (Å²) in [6.45, 7) is 0. The summed E-state index contributed by atoms with van der Waals surface area (Å²) in [5, 5.41) is 0. The Hall–Kier alpha value is -0.0800. The zero-order valence-corrected chi connectivity index (χ0v) is 7.10. The molecule has 64 valence electrons. The van der Waals surface area contributed by atoms with E-state index in [4.69, 9.17) is 11.5 Å². The molecule has 0 aromatic carbocycles. The molecule has 0 spiro atoms. The molecular weight excluding hydrogens is 136 g/mol. The van der Waals surface area contributed by atoms with E-state index in [1.165, 1.54) is 38.5 Å². The zero-order chi connectivity index (χ0) is 7.95. The molecule has 2 bridgehead atoms. The van der Waals surface area contributed by atoms with E-state index in [2.05, 4.69) is 0 Å². The van der Waals surface area contributed by atoms with E-state index in [0.29, 0.717) is 0 Å². The first-order valence-electron chi connectivity index (χ1n) is 4.70. The van der Waals surface area contributed by atoms with Gasteiger partial charge in [0.25, 0.3) is 0 Å². The molecule has 2 aliphatic rings. The first-order valence-corrected chi connectivity index (χ1v) is 4.70. The van der Waals surface area contributed by atoms with E-state index < -0.39 is 0 Å². The quantitative estimate of drug-likeness (QED) is 0.549. The molecule has 0 saturated heterocycles. The molecule has 2 nitrogen and oxygen atoms in total. The Labute approximate surface area is 68.3 Å². The normalized spacial score (nSPS) is 50.7. The Kier molecular flexibility index (Phi) is 1.52. The molecule has 0 unspecified atom stereocenters. The molecule has 2 saturated carbocycles. The van der Waals surface area contributed by atoms with E-state index in [0.717, 1.165) is 6.42 Å². The number of hydrogen-bond acceptors (Lipinski definition) is 2. The minimum Gasteiger partial charge on any atom is -0.325 e. The Bertz CT molecular complexity index is 139. The largest absolute Gasteiger partial charge is 0.325 e. The lowest BCUT2D eigenvalue weighted by Crippen LogP contribution is -2.58. The maximum atomic E-state index is 6.21. The van der Waals surface area contributed by atoms with Gasteiger partial charge in [-0.15, -0.1) is 0 Å². The first-order chi connectivity index (χ1) is 5.12. The molecule has 2 rings (SSSR count). The van der Waals surface area contributed by atoms with Crippen LogP contribution in [0.5, 0.6) is 0 Å². The van der Waals surface area contributed by atoms with Gasteiger partial charge in [-0.1, -0.05) is 0 Å². The van der Waals surface area contributed by atoms with Gasteiger partial charge >= 0.3 is 0 Å². The standard InChI is InChI=1S/C9H18N2/c10-8-3-1-4-9(11,7-8)6-2-5-8/h1-7,10-11H2. The van der Waals surface area contributed by atoms with Gasteiger partial charge in [0.15, 0.2) is 0 Å². The second-order valence-corrected chi connectivity index (χ2v) is 4.61. The molecule has 2 aliphatic carbocycles. The minimum absolute atomic E-state index is 0.116. The lowest BCUT2D eigenvalue weighted by atomic mass is 9.64. The minimum atomic E-state index is 0.116. The van der Waals surface area contributed by atoms with E-state index in [-0.39, 0.29) is 11.1 Å². The van der Waals surface area contributed by atoms with E-state index in [1.807, 2.05) is 0 Å². The predicted molar refractivity (Wildman–Crippen MR) is 46.2 cm³/mol. The second kappa shape index (κ2) is 2.20. The van der Waals surface area contributed by atoms with Crippen LogP contribution < -0.4 is 11.5 Å². The predicted octanol–water partition coefficient (Wildman–Crippen LogP) is 1.14. The topological polar surface area (TPSA) is 52.0 Å². The van der Waals surface area contributed by atoms with Crippen molar-refractivity contribution in [2.75, 3.05) is 0 Å². The van der Waals surface area contributed by atoms with Gasteiger partial charge in [-0.2, -0.15) is 0 Å². The molecule has 4 N–H and O–H groups in total. The molecular formula is C9H18N2. The van der Waals surface area contributed by atoms with Crippen LogP contribution >= 0.6 is 0 Å². The maximum absolute atomic E-state index is 6.21. The van der Waals surface area contributed by atoms with Gasteiger partial charge < -0.3 is 11.5 Å². The molecule has 0 atom stereocenters. The number of fused-ring (bicyclic) bond motifs is 2. The van der Waals surface area contributed by atoms with Gasteiger partial charge in [-0.05, 0) is 44.9 Å². The van der Waals surface area contributed by atoms with E-state index in [1.54, 1.807) is 0 Å². The van der Waals surface area contributed by atoms with Crippen molar-refractivity contribution in [2.24, 2.45) is 11.5 Å². The summed E-state index contributed by atoms with van der Waals surface area (Å²) in [4.78, 5) is 0. The van der Waals surface area contributed by atoms with Crippen molar-refractivity contribution >= 4 is 0 Å². The van der Waals surface area contributed by atoms with Crippen molar-refractivity contribution in [1.29, 1.82) is 0 Å². The molecule has 0 heterocycles. The van der Waals surface area contributed by atoms with Gasteiger partial charge in [0.1, 0.15) is 0 Å². The van der Waals surface area contributed by atoms with Gasteiger partial charge in [0, 0.05) is 11.1 Å². The summed E-state index contributed by atoms with van der Waals surface area (Å²) in [6.07, 6.45) is 8.36. The van der Waals surface area contributed by atoms with Crippen LogP contribution in [0.2, 0.25) is 0 Å². The van der Waals surface area contributed by atoms with Crippen molar-refractivity contribution in [3.8, 4) is 0 Å². The second-order valence-electron chi connectivity index (χ2n) is 4.61. The summed E-state index contributed by atoms with van der Waals surface area (Å²) in [5.41, 5.74) is 12.6. The van der Waals surface area contributed by atoms with Crippen LogP contribution in [0.25, 0.3) is 0 Å². The molecule has 0 radical (unpaired) electrons. The highest BCUT2D eigenvalue weighted by Gasteiger charge is 2.43. The van der Waals surface area contributed by atoms with Gasteiger partial charge in [-0.3, -0.25) is 0 Å². The van der Waals surface area contributed by atoms with Crippen molar-refractivity contribution in [3.05, 3.63) is 0 Å². The van der Waals surface area contributed by atoms with Crippen molar-refractivity contribution in [2.45, 2.75) is 56.0 Å². The van der Waals surface area contributed by atoms with Gasteiger partial charge in [-0.25, -0.2) is 0 Å². The van der Waals surface area contributed by atoms with Crippen LogP contribution in [0.1, 0.15) is 44.9 Å². The number of rotatable bonds is 0. The average molecular weight is 154 g/mol. The fraction of sp³-hybridized carbons (Fsp3) is 1.00. The third-order valence-corrected chi connectivity index (χ3v) is 3.40. The molecule has 0 aliphatic heterocycles. The Morgan fingerprint density at radius 1 is 0.727 bits per heavy atom. The molecule has 0 aromatic heterocycles. The first kappa shape index (κ1) is 7.56. The SMILES string of the molecule is NC12CCCC(N)(CCC1)C2. The van der Waals surface area contributed by atoms with Crippen LogP contribution in [-0.2, 0) is 0 Å². The van der Waals surface area contributed by atoms with Crippen LogP contribution in [0.15, 0.2) is 0 Å². The van der Waals surface area contributed by atoms with Crippen molar-refractivity contribution < 1.29 is 0 Å². The van der Waals surface area contributed by atoms with Crippen molar-refractivity contribution in [1.82, 2.24) is 0 Å². The maximum Gasteiger partial charge on any atom is 0.0171 e.